The van der Waals surface area contributed by atoms with Gasteiger partial charge in [0.15, 0.2) is 0 Å². The van der Waals surface area contributed by atoms with Gasteiger partial charge in [0.2, 0.25) is 0 Å². The van der Waals surface area contributed by atoms with Gasteiger partial charge in [-0.3, -0.25) is 0 Å². The van der Waals surface area contributed by atoms with E-state index in [9.17, 15) is 0 Å². The van der Waals surface area contributed by atoms with E-state index in [-0.39, 0.29) is 5.54 Å². The van der Waals surface area contributed by atoms with Crippen LogP contribution in [0.5, 0.6) is 0 Å². The second-order valence-corrected chi connectivity index (χ2v) is 8.32. The molecule has 0 atom stereocenters. The first-order chi connectivity index (χ1) is 9.64. The van der Waals surface area contributed by atoms with Crippen LogP contribution in [-0.2, 0) is 13.1 Å². The Morgan fingerprint density at radius 2 is 1.71 bits per heavy atom. The average Bonchev–Trinajstić information content (AvgIpc) is 2.74. The Hall–Kier alpha value is -1.28. The van der Waals surface area contributed by atoms with Crippen LogP contribution in [0.3, 0.4) is 0 Å². The number of aromatic nitrogens is 1. The molecule has 2 rings (SSSR count). The van der Waals surface area contributed by atoms with E-state index < -0.39 is 0 Å². The Morgan fingerprint density at radius 1 is 1.00 bits per heavy atom. The van der Waals surface area contributed by atoms with Crippen LogP contribution in [0.25, 0.3) is 10.9 Å². The van der Waals surface area contributed by atoms with Gasteiger partial charge in [0.1, 0.15) is 0 Å². The maximum Gasteiger partial charge on any atom is 0.0483 e. The maximum absolute atomic E-state index is 3.56. The van der Waals surface area contributed by atoms with Crippen molar-refractivity contribution in [3.63, 3.8) is 0 Å². The van der Waals surface area contributed by atoms with Crippen molar-refractivity contribution in [2.45, 2.75) is 66.6 Å². The molecule has 0 spiro atoms. The van der Waals surface area contributed by atoms with Gasteiger partial charge >= 0.3 is 0 Å². The van der Waals surface area contributed by atoms with Crippen LogP contribution in [0.15, 0.2) is 30.5 Å². The Morgan fingerprint density at radius 3 is 2.33 bits per heavy atom. The summed E-state index contributed by atoms with van der Waals surface area (Å²) in [6.07, 6.45) is 3.42. The van der Waals surface area contributed by atoms with Crippen molar-refractivity contribution in [2.75, 3.05) is 0 Å². The molecule has 2 nitrogen and oxygen atoms in total. The maximum atomic E-state index is 3.56. The van der Waals surface area contributed by atoms with Crippen molar-refractivity contribution in [3.8, 4) is 0 Å². The number of rotatable bonds is 4. The SMILES string of the molecule is CC(C)(C)CCn1ccc2ccc(CNC(C)(C)C)cc21. The molecule has 1 aromatic carbocycles. The van der Waals surface area contributed by atoms with Crippen LogP contribution in [0.2, 0.25) is 0 Å². The molecule has 0 unspecified atom stereocenters. The van der Waals surface area contributed by atoms with E-state index in [0.29, 0.717) is 5.41 Å². The predicted molar refractivity (Wildman–Crippen MR) is 92.6 cm³/mol. The lowest BCUT2D eigenvalue weighted by atomic mass is 9.92. The van der Waals surface area contributed by atoms with Crippen LogP contribution in [0, 0.1) is 5.41 Å². The molecule has 116 valence electrons. The van der Waals surface area contributed by atoms with Gasteiger partial charge in [0.05, 0.1) is 0 Å². The summed E-state index contributed by atoms with van der Waals surface area (Å²) in [5.41, 5.74) is 3.24. The zero-order chi connectivity index (χ0) is 15.7. The molecule has 0 fully saturated rings. The molecular weight excluding hydrogens is 256 g/mol. The Balaban J connectivity index is 2.17. The van der Waals surface area contributed by atoms with Crippen LogP contribution in [-0.4, -0.2) is 10.1 Å². The summed E-state index contributed by atoms with van der Waals surface area (Å²) in [5.74, 6) is 0. The third-order valence-electron chi connectivity index (χ3n) is 3.76. The fourth-order valence-electron chi connectivity index (χ4n) is 2.36. The molecule has 0 radical (unpaired) electrons. The van der Waals surface area contributed by atoms with Crippen LogP contribution in [0.1, 0.15) is 53.5 Å². The number of fused-ring (bicyclic) bond motifs is 1. The normalized spacial score (nSPS) is 13.0. The lowest BCUT2D eigenvalue weighted by Crippen LogP contribution is -2.35. The largest absolute Gasteiger partial charge is 0.347 e. The fraction of sp³-hybridized carbons (Fsp3) is 0.579. The Kier molecular flexibility index (Phi) is 4.48. The van der Waals surface area contributed by atoms with Gasteiger partial charge in [-0.25, -0.2) is 0 Å². The number of nitrogens with one attached hydrogen (secondary N) is 1. The zero-order valence-electron chi connectivity index (χ0n) is 14.5. The average molecular weight is 286 g/mol. The highest BCUT2D eigenvalue weighted by atomic mass is 15.0. The van der Waals surface area contributed by atoms with Gasteiger partial charge in [-0.15, -0.1) is 0 Å². The number of aryl methyl sites for hydroxylation is 1. The highest BCUT2D eigenvalue weighted by Gasteiger charge is 2.12. The van der Waals surface area contributed by atoms with E-state index in [1.165, 1.54) is 22.9 Å². The number of nitrogens with zero attached hydrogens (tertiary/aromatic N) is 1. The molecule has 1 heterocycles. The molecule has 0 bridgehead atoms. The van der Waals surface area contributed by atoms with Gasteiger partial charge in [0.25, 0.3) is 0 Å². The van der Waals surface area contributed by atoms with Crippen LogP contribution in [0.4, 0.5) is 0 Å². The minimum atomic E-state index is 0.156. The fourth-order valence-corrected chi connectivity index (χ4v) is 2.36. The van der Waals surface area contributed by atoms with Crippen molar-refractivity contribution in [2.24, 2.45) is 5.41 Å². The summed E-state index contributed by atoms with van der Waals surface area (Å²) < 4.78 is 2.39. The lowest BCUT2D eigenvalue weighted by molar-refractivity contribution is 0.353. The van der Waals surface area contributed by atoms with E-state index in [1.807, 2.05) is 0 Å². The third-order valence-corrected chi connectivity index (χ3v) is 3.76. The van der Waals surface area contributed by atoms with E-state index in [1.54, 1.807) is 0 Å². The Bertz CT molecular complexity index is 594. The van der Waals surface area contributed by atoms with Gasteiger partial charge in [-0.1, -0.05) is 32.9 Å². The minimum absolute atomic E-state index is 0.156. The standard InChI is InChI=1S/C19H30N2/c1-18(2,3)10-12-21-11-9-16-8-7-15(13-17(16)21)14-20-19(4,5)6/h7-9,11,13,20H,10,12,14H2,1-6H3. The summed E-state index contributed by atoms with van der Waals surface area (Å²) in [4.78, 5) is 0. The molecule has 0 amide bonds. The third kappa shape index (κ3) is 4.89. The summed E-state index contributed by atoms with van der Waals surface area (Å²) in [6.45, 7) is 15.5. The molecule has 0 saturated carbocycles. The molecule has 21 heavy (non-hydrogen) atoms. The van der Waals surface area contributed by atoms with Crippen molar-refractivity contribution >= 4 is 10.9 Å². The van der Waals surface area contributed by atoms with Crippen molar-refractivity contribution in [1.82, 2.24) is 9.88 Å². The monoisotopic (exact) mass is 286 g/mol. The van der Waals surface area contributed by atoms with Gasteiger partial charge < -0.3 is 9.88 Å². The molecule has 2 aromatic rings. The molecule has 1 aromatic heterocycles. The topological polar surface area (TPSA) is 17.0 Å². The Labute approximate surface area is 129 Å². The minimum Gasteiger partial charge on any atom is -0.347 e. The van der Waals surface area contributed by atoms with E-state index in [0.717, 1.165) is 13.1 Å². The lowest BCUT2D eigenvalue weighted by Gasteiger charge is -2.21. The zero-order valence-corrected chi connectivity index (χ0v) is 14.5. The van der Waals surface area contributed by atoms with Gasteiger partial charge in [0, 0.05) is 30.3 Å². The first-order valence-electron chi connectivity index (χ1n) is 7.97. The molecule has 2 heteroatoms. The van der Waals surface area contributed by atoms with Gasteiger partial charge in [-0.05, 0) is 55.7 Å². The van der Waals surface area contributed by atoms with Gasteiger partial charge in [-0.2, -0.15) is 0 Å². The highest BCUT2D eigenvalue weighted by molar-refractivity contribution is 5.80. The molecule has 0 aliphatic heterocycles. The smallest absolute Gasteiger partial charge is 0.0483 e. The predicted octanol–water partition coefficient (Wildman–Crippen LogP) is 4.97. The van der Waals surface area contributed by atoms with E-state index in [4.69, 9.17) is 0 Å². The number of hydrogen-bond donors (Lipinski definition) is 1. The van der Waals surface area contributed by atoms with E-state index in [2.05, 4.69) is 81.9 Å². The van der Waals surface area contributed by atoms with Crippen LogP contribution >= 0.6 is 0 Å². The van der Waals surface area contributed by atoms with Crippen molar-refractivity contribution in [3.05, 3.63) is 36.0 Å². The summed E-state index contributed by atoms with van der Waals surface area (Å²) >= 11 is 0. The quantitative estimate of drug-likeness (QED) is 0.840. The molecular formula is C19H30N2. The second-order valence-electron chi connectivity index (χ2n) is 8.32. The first-order valence-corrected chi connectivity index (χ1v) is 7.97. The second kappa shape index (κ2) is 5.84. The molecule has 1 N–H and O–H groups in total. The summed E-state index contributed by atoms with van der Waals surface area (Å²) in [5, 5.41) is 4.90. The van der Waals surface area contributed by atoms with Crippen molar-refractivity contribution < 1.29 is 0 Å². The van der Waals surface area contributed by atoms with Crippen LogP contribution < -0.4 is 5.32 Å². The van der Waals surface area contributed by atoms with E-state index >= 15 is 0 Å². The summed E-state index contributed by atoms with van der Waals surface area (Å²) in [6, 6.07) is 9.02. The highest BCUT2D eigenvalue weighted by Crippen LogP contribution is 2.23. The molecule has 0 aliphatic rings. The summed E-state index contributed by atoms with van der Waals surface area (Å²) in [7, 11) is 0. The number of benzene rings is 1. The first kappa shape index (κ1) is 16.1. The molecule has 0 aliphatic carbocycles. The number of hydrogen-bond acceptors (Lipinski definition) is 1. The van der Waals surface area contributed by atoms with Crippen molar-refractivity contribution in [1.29, 1.82) is 0 Å². The molecule has 0 saturated heterocycles.